The van der Waals surface area contributed by atoms with Crippen LogP contribution in [0.1, 0.15) is 26.5 Å². The molecule has 3 aromatic carbocycles. The Morgan fingerprint density at radius 1 is 1.07 bits per heavy atom. The molecule has 0 saturated carbocycles. The first-order valence-corrected chi connectivity index (χ1v) is 14.1. The molecule has 5 rings (SSSR count). The molecule has 1 aromatic heterocycles. The molecule has 1 aliphatic rings. The number of piperazine rings is 1. The second-order valence-electron chi connectivity index (χ2n) is 10.4. The van der Waals surface area contributed by atoms with Gasteiger partial charge in [-0.25, -0.2) is 5.21 Å². The molecule has 1 fully saturated rings. The van der Waals surface area contributed by atoms with Gasteiger partial charge in [0.05, 0.1) is 17.8 Å². The van der Waals surface area contributed by atoms with E-state index in [0.29, 0.717) is 82.2 Å². The van der Waals surface area contributed by atoms with E-state index in [1.807, 2.05) is 55.4 Å². The van der Waals surface area contributed by atoms with Crippen LogP contribution in [0.4, 0.5) is 22.7 Å². The number of rotatable bonds is 8. The molecule has 0 spiro atoms. The van der Waals surface area contributed by atoms with Crippen LogP contribution in [0.15, 0.2) is 65.2 Å². The lowest BCUT2D eigenvalue weighted by molar-refractivity contribution is -0.825. The van der Waals surface area contributed by atoms with Crippen molar-refractivity contribution in [1.29, 1.82) is 0 Å². The second-order valence-corrected chi connectivity index (χ2v) is 10.8. The van der Waals surface area contributed by atoms with Gasteiger partial charge in [-0.1, -0.05) is 28.9 Å². The number of nitrogens with zero attached hydrogens (tertiary/aromatic N) is 4. The van der Waals surface area contributed by atoms with Gasteiger partial charge in [-0.3, -0.25) is 9.59 Å². The number of halogens is 1. The van der Waals surface area contributed by atoms with Crippen LogP contribution < -0.4 is 25.3 Å². The summed E-state index contributed by atoms with van der Waals surface area (Å²) in [7, 11) is 5.43. The second kappa shape index (κ2) is 12.7. The summed E-state index contributed by atoms with van der Waals surface area (Å²) < 4.78 is 10.9. The third-order valence-corrected chi connectivity index (χ3v) is 7.80. The maximum atomic E-state index is 13.7. The Labute approximate surface area is 254 Å². The molecule has 1 saturated heterocycles. The minimum absolute atomic E-state index is 0.177. The predicted octanol–water partition coefficient (Wildman–Crippen LogP) is 4.18. The monoisotopic (exact) mass is 605 g/mol. The Bertz CT molecular complexity index is 1630. The summed E-state index contributed by atoms with van der Waals surface area (Å²) >= 11 is 6.63. The molecule has 0 aliphatic carbocycles. The number of methoxy groups -OCH3 is 1. The first kappa shape index (κ1) is 29.9. The zero-order chi connectivity index (χ0) is 30.7. The summed E-state index contributed by atoms with van der Waals surface area (Å²) in [6.07, 6.45) is 0. The normalized spacial score (nSPS) is 13.2. The average molecular weight is 606 g/mol. The summed E-state index contributed by atoms with van der Waals surface area (Å²) in [4.78, 5) is 32.5. The Kier molecular flexibility index (Phi) is 8.86. The molecule has 12 heteroatoms. The largest absolute Gasteiger partial charge is 0.496 e. The molecule has 1 aliphatic heterocycles. The number of quaternary nitrogens is 1. The average Bonchev–Trinajstić information content (AvgIpc) is 3.42. The van der Waals surface area contributed by atoms with Gasteiger partial charge in [0.2, 0.25) is 0 Å². The van der Waals surface area contributed by atoms with Crippen molar-refractivity contribution < 1.29 is 29.5 Å². The van der Waals surface area contributed by atoms with Crippen LogP contribution in [0, 0.1) is 6.92 Å². The lowest BCUT2D eigenvalue weighted by atomic mass is 10.0. The summed E-state index contributed by atoms with van der Waals surface area (Å²) in [6.45, 7) is 3.59. The van der Waals surface area contributed by atoms with Gasteiger partial charge in [0.25, 0.3) is 11.8 Å². The Morgan fingerprint density at radius 3 is 2.42 bits per heavy atom. The summed E-state index contributed by atoms with van der Waals surface area (Å²) in [5.41, 5.74) is 5.39. The fourth-order valence-corrected chi connectivity index (χ4v) is 5.39. The number of para-hydroxylation sites is 1. The van der Waals surface area contributed by atoms with Crippen LogP contribution in [-0.2, 0) is 0 Å². The van der Waals surface area contributed by atoms with Crippen LogP contribution in [0.3, 0.4) is 0 Å². The molecule has 2 heterocycles. The number of carbonyl (C=O) groups excluding carboxylic acids is 2. The van der Waals surface area contributed by atoms with Crippen LogP contribution in [0.25, 0.3) is 11.3 Å². The third-order valence-electron chi connectivity index (χ3n) is 7.50. The molecule has 11 nitrogen and oxygen atoms in total. The lowest BCUT2D eigenvalue weighted by Gasteiger charge is -2.36. The minimum Gasteiger partial charge on any atom is -0.496 e. The molecule has 224 valence electrons. The van der Waals surface area contributed by atoms with Crippen LogP contribution in [-0.4, -0.2) is 74.5 Å². The van der Waals surface area contributed by atoms with Gasteiger partial charge in [-0.05, 0) is 49.4 Å². The van der Waals surface area contributed by atoms with E-state index >= 15 is 0 Å². The van der Waals surface area contributed by atoms with Crippen LogP contribution >= 0.6 is 11.6 Å². The molecule has 0 atom stereocenters. The number of hydrogen-bond acceptors (Lipinski definition) is 8. The van der Waals surface area contributed by atoms with Gasteiger partial charge in [-0.2, -0.15) is 5.48 Å². The molecule has 0 bridgehead atoms. The Balaban J connectivity index is 1.32. The molecule has 0 unspecified atom stereocenters. The quantitative estimate of drug-likeness (QED) is 0.202. The van der Waals surface area contributed by atoms with Gasteiger partial charge >= 0.3 is 0 Å². The predicted molar refractivity (Wildman–Crippen MR) is 165 cm³/mol. The van der Waals surface area contributed by atoms with E-state index in [-0.39, 0.29) is 11.8 Å². The van der Waals surface area contributed by atoms with E-state index < -0.39 is 0 Å². The Hall–Kier alpha value is -4.58. The van der Waals surface area contributed by atoms with E-state index in [1.165, 1.54) is 0 Å². The fourth-order valence-electron chi connectivity index (χ4n) is 5.10. The van der Waals surface area contributed by atoms with E-state index in [2.05, 4.69) is 15.4 Å². The first-order valence-electron chi connectivity index (χ1n) is 13.8. The third kappa shape index (κ3) is 6.14. The lowest BCUT2D eigenvalue weighted by Crippen LogP contribution is -2.74. The standard InChI is InChI=1S/C31H33ClN6O5/c1-19-28(29(35-43-19)22-7-5-6-8-27(22)42-4)31(40)38-15-13-37(14-16-38)26-18-24(25(34-41)17-23(26)32)33-30(39)20-9-11-21(12-10-20)36(2)3/h5-12,17-18,34,41H,13-16H2,1-4H3,(H,33,39)/p+1. The van der Waals surface area contributed by atoms with Crippen molar-refractivity contribution in [2.75, 3.05) is 62.5 Å². The van der Waals surface area contributed by atoms with E-state index in [1.54, 1.807) is 43.2 Å². The number of ether oxygens (including phenoxy) is 1. The highest BCUT2D eigenvalue weighted by Gasteiger charge is 2.30. The van der Waals surface area contributed by atoms with E-state index in [0.717, 1.165) is 11.2 Å². The summed E-state index contributed by atoms with van der Waals surface area (Å²) in [5.74, 6) is 0.543. The highest BCUT2D eigenvalue weighted by molar-refractivity contribution is 6.33. The number of nitrogens with one attached hydrogen (secondary N) is 1. The highest BCUT2D eigenvalue weighted by atomic mass is 35.5. The zero-order valence-electron chi connectivity index (χ0n) is 24.4. The Morgan fingerprint density at radius 2 is 1.77 bits per heavy atom. The van der Waals surface area contributed by atoms with Crippen molar-refractivity contribution in [2.24, 2.45) is 0 Å². The van der Waals surface area contributed by atoms with Crippen molar-refractivity contribution in [3.05, 3.63) is 82.6 Å². The molecule has 4 aromatic rings. The van der Waals surface area contributed by atoms with Gasteiger partial charge in [0.1, 0.15) is 28.5 Å². The minimum atomic E-state index is -0.313. The van der Waals surface area contributed by atoms with Gasteiger partial charge in [0, 0.05) is 63.2 Å². The molecular weight excluding hydrogens is 572 g/mol. The van der Waals surface area contributed by atoms with Crippen molar-refractivity contribution in [1.82, 2.24) is 10.1 Å². The van der Waals surface area contributed by atoms with Crippen molar-refractivity contribution >= 4 is 46.2 Å². The number of carbonyl (C=O) groups is 2. The molecular formula is C31H34ClN6O5+. The molecule has 2 amide bonds. The number of nitrogens with two attached hydrogens (primary N) is 1. The summed E-state index contributed by atoms with van der Waals surface area (Å²) in [5, 5.41) is 17.3. The zero-order valence-corrected chi connectivity index (χ0v) is 25.2. The van der Waals surface area contributed by atoms with Crippen LogP contribution in [0.5, 0.6) is 5.75 Å². The molecule has 4 N–H and O–H groups in total. The maximum absolute atomic E-state index is 13.7. The first-order chi connectivity index (χ1) is 20.7. The summed E-state index contributed by atoms with van der Waals surface area (Å²) in [6, 6.07) is 17.9. The van der Waals surface area contributed by atoms with Gasteiger partial charge in [-0.15, -0.1) is 0 Å². The SMILES string of the molecule is COc1ccccc1-c1noc(C)c1C(=O)N1CCN(c2cc(NC(=O)c3ccc(N(C)C)cc3)c([NH2+]O)cc2Cl)CC1. The number of benzene rings is 3. The number of hydrogen-bond donors (Lipinski definition) is 3. The maximum Gasteiger partial charge on any atom is 0.259 e. The number of anilines is 3. The van der Waals surface area contributed by atoms with Crippen molar-refractivity contribution in [3.8, 4) is 17.0 Å². The van der Waals surface area contributed by atoms with Crippen molar-refractivity contribution in [2.45, 2.75) is 6.92 Å². The number of amides is 2. The molecule has 0 radical (unpaired) electrons. The van der Waals surface area contributed by atoms with Crippen molar-refractivity contribution in [3.63, 3.8) is 0 Å². The molecule has 43 heavy (non-hydrogen) atoms. The number of aryl methyl sites for hydroxylation is 1. The fraction of sp³-hybridized carbons (Fsp3) is 0.258. The van der Waals surface area contributed by atoms with Crippen LogP contribution in [0.2, 0.25) is 5.02 Å². The van der Waals surface area contributed by atoms with Gasteiger partial charge < -0.3 is 29.3 Å². The van der Waals surface area contributed by atoms with E-state index in [4.69, 9.17) is 20.9 Å². The number of aromatic nitrogens is 1. The van der Waals surface area contributed by atoms with Gasteiger partial charge in [0.15, 0.2) is 5.69 Å². The highest BCUT2D eigenvalue weighted by Crippen LogP contribution is 2.36. The smallest absolute Gasteiger partial charge is 0.259 e. The topological polar surface area (TPSA) is 128 Å². The van der Waals surface area contributed by atoms with E-state index in [9.17, 15) is 14.8 Å².